The number of aromatic nitrogens is 1. The van der Waals surface area contributed by atoms with Gasteiger partial charge in [-0.25, -0.2) is 0 Å². The largest absolute Gasteiger partial charge is 0.493 e. The highest BCUT2D eigenvalue weighted by Crippen LogP contribution is 2.39. The van der Waals surface area contributed by atoms with Crippen molar-refractivity contribution in [2.75, 3.05) is 14.2 Å². The summed E-state index contributed by atoms with van der Waals surface area (Å²) < 4.78 is 12.9. The van der Waals surface area contributed by atoms with E-state index in [2.05, 4.69) is 26.7 Å². The lowest BCUT2D eigenvalue weighted by Gasteiger charge is -2.20. The third-order valence-corrected chi connectivity index (χ3v) is 6.05. The third kappa shape index (κ3) is 3.64. The Labute approximate surface area is 168 Å². The zero-order valence-electron chi connectivity index (χ0n) is 16.1. The Morgan fingerprint density at radius 1 is 1.25 bits per heavy atom. The second-order valence-corrected chi connectivity index (χ2v) is 7.75. The molecule has 2 atom stereocenters. The number of thiophene rings is 1. The van der Waals surface area contributed by atoms with E-state index >= 15 is 0 Å². The van der Waals surface area contributed by atoms with Crippen LogP contribution in [-0.2, 0) is 11.2 Å². The number of methoxy groups -OCH3 is 2. The van der Waals surface area contributed by atoms with Crippen molar-refractivity contribution in [2.24, 2.45) is 0 Å². The van der Waals surface area contributed by atoms with Crippen LogP contribution >= 0.6 is 11.3 Å². The van der Waals surface area contributed by atoms with E-state index in [0.29, 0.717) is 12.2 Å². The van der Waals surface area contributed by atoms with Gasteiger partial charge >= 0.3 is 0 Å². The second-order valence-electron chi connectivity index (χ2n) is 6.97. The van der Waals surface area contributed by atoms with Crippen molar-refractivity contribution in [2.45, 2.75) is 31.3 Å². The molecule has 1 amide bonds. The first kappa shape index (κ1) is 18.6. The van der Waals surface area contributed by atoms with E-state index in [1.54, 1.807) is 25.6 Å². The van der Waals surface area contributed by atoms with E-state index in [1.807, 2.05) is 36.7 Å². The summed E-state index contributed by atoms with van der Waals surface area (Å²) in [6.07, 6.45) is 6.25. The number of carbonyl (C=O) groups excluding carboxylic acids is 1. The van der Waals surface area contributed by atoms with Crippen LogP contribution in [0.3, 0.4) is 0 Å². The summed E-state index contributed by atoms with van der Waals surface area (Å²) in [5.74, 6) is 1.49. The van der Waals surface area contributed by atoms with Crippen molar-refractivity contribution in [3.8, 4) is 11.5 Å². The minimum absolute atomic E-state index is 0.00697. The molecule has 2 heterocycles. The number of hydrogen-bond acceptors (Lipinski definition) is 4. The van der Waals surface area contributed by atoms with Crippen molar-refractivity contribution >= 4 is 17.2 Å². The van der Waals surface area contributed by atoms with Crippen molar-refractivity contribution in [3.63, 3.8) is 0 Å². The Balaban J connectivity index is 1.50. The van der Waals surface area contributed by atoms with Crippen LogP contribution in [0.15, 0.2) is 53.5 Å². The van der Waals surface area contributed by atoms with E-state index < -0.39 is 0 Å². The third-order valence-electron chi connectivity index (χ3n) is 5.35. The molecule has 1 aromatic carbocycles. The zero-order chi connectivity index (χ0) is 19.5. The molecule has 4 rings (SSSR count). The molecule has 2 aromatic heterocycles. The molecule has 0 saturated heterocycles. The number of carbonyl (C=O) groups is 1. The molecule has 0 aliphatic heterocycles. The lowest BCUT2D eigenvalue weighted by atomic mass is 10.0. The molecule has 5 nitrogen and oxygen atoms in total. The maximum absolute atomic E-state index is 12.9. The van der Waals surface area contributed by atoms with Crippen LogP contribution in [0, 0.1) is 0 Å². The van der Waals surface area contributed by atoms with Gasteiger partial charge in [-0.15, -0.1) is 0 Å². The van der Waals surface area contributed by atoms with Gasteiger partial charge < -0.3 is 19.4 Å². The lowest BCUT2D eigenvalue weighted by molar-refractivity contribution is -0.122. The number of benzene rings is 1. The molecular weight excluding hydrogens is 372 g/mol. The van der Waals surface area contributed by atoms with Gasteiger partial charge in [-0.1, -0.05) is 0 Å². The van der Waals surface area contributed by atoms with E-state index in [0.717, 1.165) is 29.7 Å². The van der Waals surface area contributed by atoms with E-state index in [4.69, 9.17) is 9.47 Å². The number of hydrogen-bond donors (Lipinski definition) is 1. The van der Waals surface area contributed by atoms with Crippen molar-refractivity contribution < 1.29 is 14.3 Å². The molecule has 6 heteroatoms. The number of amides is 1. The van der Waals surface area contributed by atoms with Gasteiger partial charge in [-0.3, -0.25) is 4.79 Å². The smallest absolute Gasteiger partial charge is 0.222 e. The molecule has 0 unspecified atom stereocenters. The summed E-state index contributed by atoms with van der Waals surface area (Å²) in [6.45, 7) is 0. The number of aryl methyl sites for hydroxylation is 1. The molecular formula is C22H24N2O3S. The van der Waals surface area contributed by atoms with Gasteiger partial charge in [0, 0.05) is 12.4 Å². The number of fused-ring (bicyclic) bond motifs is 1. The molecule has 0 saturated carbocycles. The molecule has 1 N–H and O–H groups in total. The summed E-state index contributed by atoms with van der Waals surface area (Å²) in [6, 6.07) is 10.1. The summed E-state index contributed by atoms with van der Waals surface area (Å²) in [5.41, 5.74) is 3.50. The fraction of sp³-hybridized carbons (Fsp3) is 0.318. The zero-order valence-corrected chi connectivity index (χ0v) is 16.9. The van der Waals surface area contributed by atoms with Crippen LogP contribution in [0.25, 0.3) is 0 Å². The van der Waals surface area contributed by atoms with Gasteiger partial charge in [0.2, 0.25) is 5.91 Å². The van der Waals surface area contributed by atoms with Crippen LogP contribution in [0.5, 0.6) is 11.5 Å². The lowest BCUT2D eigenvalue weighted by Crippen LogP contribution is -2.29. The Morgan fingerprint density at radius 2 is 2.00 bits per heavy atom. The van der Waals surface area contributed by atoms with Crippen molar-refractivity contribution in [1.29, 1.82) is 0 Å². The van der Waals surface area contributed by atoms with Gasteiger partial charge in [0.05, 0.1) is 32.7 Å². The highest BCUT2D eigenvalue weighted by molar-refractivity contribution is 7.08. The fourth-order valence-corrected chi connectivity index (χ4v) is 4.63. The summed E-state index contributed by atoms with van der Waals surface area (Å²) in [5, 5.41) is 7.40. The minimum Gasteiger partial charge on any atom is -0.493 e. The minimum atomic E-state index is 0.00697. The van der Waals surface area contributed by atoms with Crippen LogP contribution in [0.1, 0.15) is 41.6 Å². The molecule has 28 heavy (non-hydrogen) atoms. The first-order valence-electron chi connectivity index (χ1n) is 9.38. The average molecular weight is 397 g/mol. The van der Waals surface area contributed by atoms with Crippen LogP contribution < -0.4 is 14.8 Å². The Bertz CT molecular complexity index is 901. The molecule has 146 valence electrons. The highest BCUT2D eigenvalue weighted by Gasteiger charge is 2.27. The Hall–Kier alpha value is -2.73. The maximum atomic E-state index is 12.9. The number of nitrogens with one attached hydrogen (secondary N) is 1. The molecule has 1 aliphatic carbocycles. The van der Waals surface area contributed by atoms with Crippen molar-refractivity contribution in [1.82, 2.24) is 9.88 Å². The van der Waals surface area contributed by atoms with Gasteiger partial charge in [0.1, 0.15) is 0 Å². The monoisotopic (exact) mass is 396 g/mol. The number of nitrogens with zero attached hydrogens (tertiary/aromatic N) is 1. The maximum Gasteiger partial charge on any atom is 0.222 e. The SMILES string of the molecule is COc1cc2c(cc1OC)[C@@H](NC(=O)C[C@H](c1ccsc1)n1cccc1)CC2. The number of ether oxygens (including phenoxy) is 2. The molecule has 0 fully saturated rings. The second kappa shape index (κ2) is 8.10. The molecule has 0 spiro atoms. The van der Waals surface area contributed by atoms with Crippen LogP contribution in [0.2, 0.25) is 0 Å². The first-order valence-corrected chi connectivity index (χ1v) is 10.3. The summed E-state index contributed by atoms with van der Waals surface area (Å²) >= 11 is 1.65. The van der Waals surface area contributed by atoms with Gasteiger partial charge in [0.25, 0.3) is 0 Å². The predicted octanol–water partition coefficient (Wildman–Crippen LogP) is 4.35. The standard InChI is InChI=1S/C22H24N2O3S/c1-26-20-11-15-5-6-18(17(15)12-21(20)27-2)23-22(25)13-19(16-7-10-28-14-16)24-8-3-4-9-24/h3-4,7-12,14,18-19H,5-6,13H2,1-2H3,(H,23,25)/t18-,19+/m0/s1. The predicted molar refractivity (Wildman–Crippen MR) is 110 cm³/mol. The Morgan fingerprint density at radius 3 is 2.68 bits per heavy atom. The van der Waals surface area contributed by atoms with Gasteiger partial charge in [-0.2, -0.15) is 11.3 Å². The quantitative estimate of drug-likeness (QED) is 0.646. The average Bonchev–Trinajstić information content (AvgIpc) is 3.47. The normalized spacial score (nSPS) is 16.4. The van der Waals surface area contributed by atoms with Crippen molar-refractivity contribution in [3.05, 3.63) is 70.2 Å². The summed E-state index contributed by atoms with van der Waals surface area (Å²) in [7, 11) is 3.28. The van der Waals surface area contributed by atoms with Gasteiger partial charge in [-0.05, 0) is 70.6 Å². The molecule has 1 aliphatic rings. The molecule has 3 aromatic rings. The van der Waals surface area contributed by atoms with Crippen LogP contribution in [0.4, 0.5) is 0 Å². The summed E-state index contributed by atoms with van der Waals surface area (Å²) in [4.78, 5) is 12.9. The Kier molecular flexibility index (Phi) is 5.39. The molecule has 0 radical (unpaired) electrons. The molecule has 0 bridgehead atoms. The topological polar surface area (TPSA) is 52.5 Å². The highest BCUT2D eigenvalue weighted by atomic mass is 32.1. The van der Waals surface area contributed by atoms with E-state index in [9.17, 15) is 4.79 Å². The van der Waals surface area contributed by atoms with Crippen LogP contribution in [-0.4, -0.2) is 24.7 Å². The number of rotatable bonds is 7. The van der Waals surface area contributed by atoms with E-state index in [1.165, 1.54) is 5.56 Å². The fourth-order valence-electron chi connectivity index (χ4n) is 3.93. The van der Waals surface area contributed by atoms with E-state index in [-0.39, 0.29) is 18.0 Å². The van der Waals surface area contributed by atoms with Gasteiger partial charge in [0.15, 0.2) is 11.5 Å². The first-order chi connectivity index (χ1) is 13.7.